The van der Waals surface area contributed by atoms with Crippen LogP contribution in [0.15, 0.2) is 23.2 Å². The topological polar surface area (TPSA) is 37.3 Å². The molecule has 102 valence electrons. The lowest BCUT2D eigenvalue weighted by atomic mass is 10.2. The van der Waals surface area contributed by atoms with Crippen LogP contribution in [0, 0.1) is 23.7 Å². The Morgan fingerprint density at radius 3 is 2.42 bits per heavy atom. The predicted molar refractivity (Wildman–Crippen MR) is 82.7 cm³/mol. The Bertz CT molecular complexity index is 414. The Hall–Kier alpha value is -1.45. The fraction of sp³-hybridized carbons (Fsp3) is 0.438. The summed E-state index contributed by atoms with van der Waals surface area (Å²) in [5, 5.41) is 8.43. The maximum absolute atomic E-state index is 10.2. The van der Waals surface area contributed by atoms with E-state index in [9.17, 15) is 4.79 Å². The van der Waals surface area contributed by atoms with E-state index in [0.29, 0.717) is 12.8 Å². The van der Waals surface area contributed by atoms with Gasteiger partial charge in [-0.05, 0) is 42.8 Å². The summed E-state index contributed by atoms with van der Waals surface area (Å²) < 4.78 is 0. The second-order valence-electron chi connectivity index (χ2n) is 3.83. The Balaban J connectivity index is 3.42. The molecule has 2 nitrogen and oxygen atoms in total. The maximum atomic E-state index is 10.2. The van der Waals surface area contributed by atoms with Gasteiger partial charge in [-0.25, -0.2) is 0 Å². The van der Waals surface area contributed by atoms with Gasteiger partial charge in [-0.2, -0.15) is 0 Å². The fourth-order valence-electron chi connectivity index (χ4n) is 1.24. The highest BCUT2D eigenvalue weighted by Crippen LogP contribution is 1.99. The van der Waals surface area contributed by atoms with Crippen molar-refractivity contribution >= 4 is 21.9 Å². The molecule has 0 spiro atoms. The summed E-state index contributed by atoms with van der Waals surface area (Å²) in [6.45, 7) is 0. The van der Waals surface area contributed by atoms with Crippen molar-refractivity contribution in [1.82, 2.24) is 0 Å². The van der Waals surface area contributed by atoms with Crippen LogP contribution in [-0.2, 0) is 4.79 Å². The molecule has 0 heterocycles. The first-order chi connectivity index (χ1) is 9.27. The van der Waals surface area contributed by atoms with E-state index in [0.717, 1.165) is 25.7 Å². The van der Waals surface area contributed by atoms with Gasteiger partial charge in [0.1, 0.15) is 0 Å². The smallest absolute Gasteiger partial charge is 0.303 e. The molecule has 0 amide bonds. The molecule has 0 aliphatic heterocycles. The highest BCUT2D eigenvalue weighted by atomic mass is 79.9. The largest absolute Gasteiger partial charge is 0.481 e. The summed E-state index contributed by atoms with van der Waals surface area (Å²) >= 11 is 3.16. The van der Waals surface area contributed by atoms with Crippen molar-refractivity contribution in [1.29, 1.82) is 0 Å². The lowest BCUT2D eigenvalue weighted by molar-refractivity contribution is -0.137. The van der Waals surface area contributed by atoms with Crippen molar-refractivity contribution in [2.75, 3.05) is 0 Å². The van der Waals surface area contributed by atoms with Gasteiger partial charge in [-0.3, -0.25) is 4.79 Å². The zero-order valence-electron chi connectivity index (χ0n) is 11.0. The van der Waals surface area contributed by atoms with Crippen LogP contribution in [0.25, 0.3) is 0 Å². The van der Waals surface area contributed by atoms with Crippen molar-refractivity contribution < 1.29 is 9.90 Å². The third-order valence-corrected chi connectivity index (χ3v) is 2.43. The van der Waals surface area contributed by atoms with Crippen LogP contribution in [0.3, 0.4) is 0 Å². The quantitative estimate of drug-likeness (QED) is 0.561. The SMILES string of the molecule is O=C(O)CCCC#C/C=C/CCCCC#C/C=C/Br. The molecule has 0 rings (SSSR count). The van der Waals surface area contributed by atoms with Crippen LogP contribution in [0.5, 0.6) is 0 Å². The number of hydrogen-bond donors (Lipinski definition) is 1. The van der Waals surface area contributed by atoms with E-state index in [1.54, 1.807) is 11.1 Å². The Morgan fingerprint density at radius 1 is 1.05 bits per heavy atom. The molecule has 0 aliphatic rings. The molecular weight excluding hydrogens is 304 g/mol. The second-order valence-corrected chi connectivity index (χ2v) is 4.36. The van der Waals surface area contributed by atoms with Gasteiger partial charge < -0.3 is 5.11 Å². The van der Waals surface area contributed by atoms with E-state index in [-0.39, 0.29) is 6.42 Å². The molecule has 0 fully saturated rings. The summed E-state index contributed by atoms with van der Waals surface area (Å²) in [7, 11) is 0. The van der Waals surface area contributed by atoms with Crippen LogP contribution in [-0.4, -0.2) is 11.1 Å². The number of carboxylic acids is 1. The van der Waals surface area contributed by atoms with Gasteiger partial charge in [0, 0.05) is 19.3 Å². The van der Waals surface area contributed by atoms with E-state index in [1.165, 1.54) is 0 Å². The molecule has 0 aliphatic carbocycles. The first kappa shape index (κ1) is 17.6. The Morgan fingerprint density at radius 2 is 1.74 bits per heavy atom. The lowest BCUT2D eigenvalue weighted by Gasteiger charge is -1.89. The molecule has 0 atom stereocenters. The number of rotatable bonds is 7. The minimum absolute atomic E-state index is 0.198. The molecule has 1 N–H and O–H groups in total. The molecule has 0 aromatic carbocycles. The van der Waals surface area contributed by atoms with Crippen LogP contribution < -0.4 is 0 Å². The van der Waals surface area contributed by atoms with Crippen LogP contribution in [0.4, 0.5) is 0 Å². The number of halogens is 1. The fourth-order valence-corrected chi connectivity index (χ4v) is 1.37. The zero-order valence-corrected chi connectivity index (χ0v) is 12.6. The molecule has 0 saturated heterocycles. The first-order valence-corrected chi connectivity index (χ1v) is 7.27. The Labute approximate surface area is 124 Å². The zero-order chi connectivity index (χ0) is 14.2. The monoisotopic (exact) mass is 322 g/mol. The molecule has 0 radical (unpaired) electrons. The molecule has 3 heteroatoms. The van der Waals surface area contributed by atoms with Gasteiger partial charge in [0.15, 0.2) is 0 Å². The Kier molecular flexibility index (Phi) is 13.5. The summed E-state index contributed by atoms with van der Waals surface area (Å²) in [6.07, 6.45) is 11.3. The van der Waals surface area contributed by atoms with Gasteiger partial charge in [-0.1, -0.05) is 45.7 Å². The lowest BCUT2D eigenvalue weighted by Crippen LogP contribution is -1.92. The molecule has 0 unspecified atom stereocenters. The van der Waals surface area contributed by atoms with Gasteiger partial charge in [-0.15, -0.1) is 0 Å². The molecule has 0 saturated carbocycles. The average Bonchev–Trinajstić information content (AvgIpc) is 2.39. The van der Waals surface area contributed by atoms with Gasteiger partial charge in [0.25, 0.3) is 0 Å². The third kappa shape index (κ3) is 16.6. The summed E-state index contributed by atoms with van der Waals surface area (Å²) in [6, 6.07) is 0. The van der Waals surface area contributed by atoms with Crippen molar-refractivity contribution in [2.24, 2.45) is 0 Å². The van der Waals surface area contributed by atoms with Crippen LogP contribution >= 0.6 is 15.9 Å². The van der Waals surface area contributed by atoms with Gasteiger partial charge >= 0.3 is 5.97 Å². The number of allylic oxidation sites excluding steroid dienone is 3. The van der Waals surface area contributed by atoms with E-state index in [1.807, 2.05) is 6.08 Å². The number of carbonyl (C=O) groups is 1. The van der Waals surface area contributed by atoms with Crippen molar-refractivity contribution in [3.63, 3.8) is 0 Å². The van der Waals surface area contributed by atoms with Crippen molar-refractivity contribution in [3.8, 4) is 23.7 Å². The average molecular weight is 323 g/mol. The number of unbranched alkanes of at least 4 members (excludes halogenated alkanes) is 4. The number of aliphatic carboxylic acids is 1. The number of carboxylic acid groups (broad SMARTS) is 1. The van der Waals surface area contributed by atoms with Crippen LogP contribution in [0.1, 0.15) is 44.9 Å². The van der Waals surface area contributed by atoms with Crippen LogP contribution in [0.2, 0.25) is 0 Å². The summed E-state index contributed by atoms with van der Waals surface area (Å²) in [5.74, 6) is 11.1. The normalized spacial score (nSPS) is 9.95. The molecule has 0 aromatic rings. The standard InChI is InChI=1S/C16H19BrO2/c17-15-13-11-9-7-5-3-1-2-4-6-8-10-12-14-16(18)19/h2,4,13,15H,1,3,5,7,10,12,14H2,(H,18,19)/b4-2+,15-13+. The highest BCUT2D eigenvalue weighted by Gasteiger charge is 1.92. The van der Waals surface area contributed by atoms with Crippen molar-refractivity contribution in [3.05, 3.63) is 23.2 Å². The first-order valence-electron chi connectivity index (χ1n) is 6.36. The predicted octanol–water partition coefficient (Wildman–Crippen LogP) is 4.27. The molecule has 0 bridgehead atoms. The van der Waals surface area contributed by atoms with E-state index in [4.69, 9.17) is 5.11 Å². The highest BCUT2D eigenvalue weighted by molar-refractivity contribution is 9.11. The molecule has 19 heavy (non-hydrogen) atoms. The maximum Gasteiger partial charge on any atom is 0.303 e. The van der Waals surface area contributed by atoms with Crippen molar-refractivity contribution in [2.45, 2.75) is 44.9 Å². The minimum atomic E-state index is -0.757. The van der Waals surface area contributed by atoms with Gasteiger partial charge in [0.2, 0.25) is 0 Å². The second kappa shape index (κ2) is 14.6. The third-order valence-electron chi connectivity index (χ3n) is 2.17. The number of hydrogen-bond acceptors (Lipinski definition) is 1. The van der Waals surface area contributed by atoms with E-state index >= 15 is 0 Å². The van der Waals surface area contributed by atoms with E-state index in [2.05, 4.69) is 45.7 Å². The summed E-state index contributed by atoms with van der Waals surface area (Å²) in [4.78, 5) is 12.0. The molecular formula is C16H19BrO2. The van der Waals surface area contributed by atoms with Gasteiger partial charge in [0.05, 0.1) is 0 Å². The summed E-state index contributed by atoms with van der Waals surface area (Å²) in [5.41, 5.74) is 0. The minimum Gasteiger partial charge on any atom is -0.481 e. The van der Waals surface area contributed by atoms with E-state index < -0.39 is 5.97 Å². The molecule has 0 aromatic heterocycles.